The molecule has 0 bridgehead atoms. The predicted octanol–water partition coefficient (Wildman–Crippen LogP) is 4.74. The first-order valence-electron chi connectivity index (χ1n) is 9.51. The van der Waals surface area contributed by atoms with E-state index in [2.05, 4.69) is 9.97 Å². The molecular formula is C23H20FN3O2S. The van der Waals surface area contributed by atoms with Gasteiger partial charge in [0, 0.05) is 17.6 Å². The summed E-state index contributed by atoms with van der Waals surface area (Å²) in [4.78, 5) is 22.6. The Morgan fingerprint density at radius 1 is 1.07 bits per heavy atom. The van der Waals surface area contributed by atoms with Crippen LogP contribution in [0.3, 0.4) is 0 Å². The molecule has 2 heterocycles. The lowest BCUT2D eigenvalue weighted by Gasteiger charge is -2.16. The molecule has 4 aromatic rings. The summed E-state index contributed by atoms with van der Waals surface area (Å²) in [5.74, 6) is -1.04. The second-order valence-electron chi connectivity index (χ2n) is 7.02. The number of phenolic OH excluding ortho intramolecular Hbond substituents is 1. The van der Waals surface area contributed by atoms with Crippen molar-refractivity contribution in [1.82, 2.24) is 14.5 Å². The molecule has 0 aliphatic heterocycles. The van der Waals surface area contributed by atoms with Crippen LogP contribution in [0.5, 0.6) is 5.75 Å². The summed E-state index contributed by atoms with van der Waals surface area (Å²) in [6.07, 6.45) is 0.588. The Hall–Kier alpha value is -3.32. The number of thiazole rings is 1. The van der Waals surface area contributed by atoms with Crippen molar-refractivity contribution in [2.75, 3.05) is 0 Å². The van der Waals surface area contributed by atoms with Gasteiger partial charge in [-0.15, -0.1) is 11.3 Å². The molecule has 4 rings (SSSR count). The average molecular weight is 421 g/mol. The highest BCUT2D eigenvalue weighted by Gasteiger charge is 2.21. The number of aryl methyl sites for hydroxylation is 3. The monoisotopic (exact) mass is 421 g/mol. The molecule has 152 valence electrons. The summed E-state index contributed by atoms with van der Waals surface area (Å²) in [5.41, 5.74) is 2.74. The van der Waals surface area contributed by atoms with Gasteiger partial charge >= 0.3 is 0 Å². The molecule has 1 N–H and O–H groups in total. The number of rotatable bonds is 5. The molecule has 0 aliphatic rings. The van der Waals surface area contributed by atoms with Crippen molar-refractivity contribution in [3.05, 3.63) is 87.0 Å². The number of hydrogen-bond acceptors (Lipinski definition) is 5. The summed E-state index contributed by atoms with van der Waals surface area (Å²) >= 11 is 1.39. The van der Waals surface area contributed by atoms with Gasteiger partial charge in [0.05, 0.1) is 16.8 Å². The molecule has 0 saturated carbocycles. The summed E-state index contributed by atoms with van der Waals surface area (Å²) in [7, 11) is 0. The van der Waals surface area contributed by atoms with Crippen molar-refractivity contribution in [3.63, 3.8) is 0 Å². The van der Waals surface area contributed by atoms with Gasteiger partial charge < -0.3 is 5.11 Å². The number of hydrogen-bond donors (Lipinski definition) is 1. The van der Waals surface area contributed by atoms with E-state index >= 15 is 0 Å². The second-order valence-corrected chi connectivity index (χ2v) is 7.88. The Morgan fingerprint density at radius 2 is 1.83 bits per heavy atom. The van der Waals surface area contributed by atoms with Gasteiger partial charge in [-0.3, -0.25) is 9.36 Å². The van der Waals surface area contributed by atoms with E-state index in [9.17, 15) is 14.3 Å². The Morgan fingerprint density at radius 3 is 2.53 bits per heavy atom. The fourth-order valence-corrected chi connectivity index (χ4v) is 4.25. The standard InChI is InChI=1S/C23H20FN3O2S/c1-14-13-30-22(25-14)19-15(2)26-21(17-9-6-10-18(24)20(17)28)27(23(19)29)12-11-16-7-4-3-5-8-16/h3-10,13,28H,11-12H2,1-2H3. The lowest BCUT2D eigenvalue weighted by atomic mass is 10.1. The minimum absolute atomic E-state index is 0.185. The highest BCUT2D eigenvalue weighted by Crippen LogP contribution is 2.31. The van der Waals surface area contributed by atoms with Crippen LogP contribution in [-0.4, -0.2) is 19.6 Å². The van der Waals surface area contributed by atoms with Crippen molar-refractivity contribution in [1.29, 1.82) is 0 Å². The smallest absolute Gasteiger partial charge is 0.264 e. The average Bonchev–Trinajstić information content (AvgIpc) is 3.15. The lowest BCUT2D eigenvalue weighted by molar-refractivity contribution is 0.433. The van der Waals surface area contributed by atoms with E-state index < -0.39 is 11.6 Å². The van der Waals surface area contributed by atoms with Crippen LogP contribution >= 0.6 is 11.3 Å². The third-order valence-corrected chi connectivity index (χ3v) is 5.86. The molecule has 0 saturated heterocycles. The summed E-state index contributed by atoms with van der Waals surface area (Å²) in [6, 6.07) is 14.0. The Labute approximate surface area is 177 Å². The van der Waals surface area contributed by atoms with Crippen molar-refractivity contribution < 1.29 is 9.50 Å². The highest BCUT2D eigenvalue weighted by molar-refractivity contribution is 7.13. The van der Waals surface area contributed by atoms with Crippen LogP contribution in [0, 0.1) is 19.7 Å². The number of halogens is 1. The van der Waals surface area contributed by atoms with E-state index in [1.165, 1.54) is 28.0 Å². The Bertz CT molecular complexity index is 1270. The van der Waals surface area contributed by atoms with Gasteiger partial charge in [-0.25, -0.2) is 14.4 Å². The maximum atomic E-state index is 14.0. The topological polar surface area (TPSA) is 68.0 Å². The van der Waals surface area contributed by atoms with Gasteiger partial charge in [-0.2, -0.15) is 0 Å². The van der Waals surface area contributed by atoms with Crippen molar-refractivity contribution in [2.45, 2.75) is 26.8 Å². The third-order valence-electron chi connectivity index (χ3n) is 4.88. The number of phenols is 1. The summed E-state index contributed by atoms with van der Waals surface area (Å²) in [6.45, 7) is 3.93. The zero-order valence-electron chi connectivity index (χ0n) is 16.6. The largest absolute Gasteiger partial charge is 0.504 e. The van der Waals surface area contributed by atoms with Crippen LogP contribution in [0.2, 0.25) is 0 Å². The molecule has 5 nitrogen and oxygen atoms in total. The maximum Gasteiger partial charge on any atom is 0.264 e. The molecule has 0 radical (unpaired) electrons. The van der Waals surface area contributed by atoms with Gasteiger partial charge in [0.1, 0.15) is 10.8 Å². The molecular weight excluding hydrogens is 401 g/mol. The normalized spacial score (nSPS) is 11.0. The van der Waals surface area contributed by atoms with E-state index in [1.54, 1.807) is 13.0 Å². The van der Waals surface area contributed by atoms with Gasteiger partial charge in [-0.05, 0) is 38.0 Å². The van der Waals surface area contributed by atoms with Gasteiger partial charge in [-0.1, -0.05) is 36.4 Å². The van der Waals surface area contributed by atoms with Crippen LogP contribution in [0.25, 0.3) is 22.0 Å². The zero-order valence-corrected chi connectivity index (χ0v) is 17.4. The van der Waals surface area contributed by atoms with Crippen molar-refractivity contribution in [3.8, 4) is 27.7 Å². The minimum atomic E-state index is -0.756. The molecule has 0 aliphatic carbocycles. The summed E-state index contributed by atoms with van der Waals surface area (Å²) in [5, 5.41) is 12.8. The molecule has 0 atom stereocenters. The predicted molar refractivity (Wildman–Crippen MR) is 116 cm³/mol. The molecule has 2 aromatic heterocycles. The molecule has 30 heavy (non-hydrogen) atoms. The van der Waals surface area contributed by atoms with Crippen molar-refractivity contribution in [2.24, 2.45) is 0 Å². The molecule has 0 fully saturated rings. The van der Waals surface area contributed by atoms with E-state index in [0.717, 1.165) is 11.3 Å². The fraction of sp³-hybridized carbons (Fsp3) is 0.174. The van der Waals surface area contributed by atoms with Crippen LogP contribution in [0.4, 0.5) is 4.39 Å². The number of para-hydroxylation sites is 1. The number of nitrogens with zero attached hydrogens (tertiary/aromatic N) is 3. The molecule has 7 heteroatoms. The Balaban J connectivity index is 1.90. The number of aromatic hydroxyl groups is 1. The van der Waals surface area contributed by atoms with E-state index in [4.69, 9.17) is 0 Å². The highest BCUT2D eigenvalue weighted by atomic mass is 32.1. The first kappa shape index (κ1) is 20.0. The molecule has 0 amide bonds. The van der Waals surface area contributed by atoms with Crippen LogP contribution in [-0.2, 0) is 13.0 Å². The van der Waals surface area contributed by atoms with Gasteiger partial charge in [0.15, 0.2) is 11.6 Å². The maximum absolute atomic E-state index is 14.0. The Kier molecular flexibility index (Phi) is 5.46. The molecule has 0 spiro atoms. The van der Waals surface area contributed by atoms with Crippen LogP contribution in [0.15, 0.2) is 58.7 Å². The number of aromatic nitrogens is 3. The third kappa shape index (κ3) is 3.76. The minimum Gasteiger partial charge on any atom is -0.504 e. The van der Waals surface area contributed by atoms with Gasteiger partial charge in [0.25, 0.3) is 5.56 Å². The van der Waals surface area contributed by atoms with Gasteiger partial charge in [0.2, 0.25) is 0 Å². The number of benzene rings is 2. The van der Waals surface area contributed by atoms with Crippen LogP contribution in [0.1, 0.15) is 17.0 Å². The molecule has 0 unspecified atom stereocenters. The zero-order chi connectivity index (χ0) is 21.3. The molecule has 2 aromatic carbocycles. The quantitative estimate of drug-likeness (QED) is 0.506. The summed E-state index contributed by atoms with van der Waals surface area (Å²) < 4.78 is 15.5. The second kappa shape index (κ2) is 8.20. The first-order chi connectivity index (χ1) is 14.5. The first-order valence-corrected chi connectivity index (χ1v) is 10.4. The lowest BCUT2D eigenvalue weighted by Crippen LogP contribution is -2.27. The van der Waals surface area contributed by atoms with E-state index in [1.807, 2.05) is 42.6 Å². The van der Waals surface area contributed by atoms with Crippen LogP contribution < -0.4 is 5.56 Å². The van der Waals surface area contributed by atoms with Crippen molar-refractivity contribution >= 4 is 11.3 Å². The van der Waals surface area contributed by atoms with E-state index in [0.29, 0.717) is 29.2 Å². The van der Waals surface area contributed by atoms with E-state index in [-0.39, 0.29) is 16.9 Å². The fourth-order valence-electron chi connectivity index (χ4n) is 3.37. The SMILES string of the molecule is Cc1csc(-c2c(C)nc(-c3cccc(F)c3O)n(CCc3ccccc3)c2=O)n1.